The van der Waals surface area contributed by atoms with Gasteiger partial charge >= 0.3 is 0 Å². The number of nitrogens with zero attached hydrogens (tertiary/aromatic N) is 3. The molecule has 0 N–H and O–H groups in total. The first kappa shape index (κ1) is 19.5. The second-order valence-electron chi connectivity index (χ2n) is 8.00. The van der Waals surface area contributed by atoms with E-state index >= 15 is 0 Å². The summed E-state index contributed by atoms with van der Waals surface area (Å²) in [5.74, 6) is 1.25. The number of aromatic nitrogens is 2. The Morgan fingerprint density at radius 2 is 1.96 bits per heavy atom. The summed E-state index contributed by atoms with van der Waals surface area (Å²) in [6.45, 7) is 3.56. The van der Waals surface area contributed by atoms with Crippen molar-refractivity contribution in [3.05, 3.63) is 34.6 Å². The highest BCUT2D eigenvalue weighted by Crippen LogP contribution is 2.35. The van der Waals surface area contributed by atoms with Gasteiger partial charge in [-0.15, -0.1) is 0 Å². The van der Waals surface area contributed by atoms with E-state index in [0.717, 1.165) is 25.8 Å². The zero-order valence-corrected chi connectivity index (χ0v) is 17.4. The average molecular weight is 400 g/mol. The number of carbonyl (C=O) groups is 1. The van der Waals surface area contributed by atoms with Crippen molar-refractivity contribution in [1.29, 1.82) is 0 Å². The van der Waals surface area contributed by atoms with Gasteiger partial charge in [0.15, 0.2) is 5.16 Å². The van der Waals surface area contributed by atoms with Gasteiger partial charge < -0.3 is 4.90 Å². The third-order valence-corrected chi connectivity index (χ3v) is 7.12. The second-order valence-corrected chi connectivity index (χ2v) is 8.94. The Morgan fingerprint density at radius 3 is 2.82 bits per heavy atom. The van der Waals surface area contributed by atoms with E-state index in [1.54, 1.807) is 4.57 Å². The number of piperidine rings is 1. The second kappa shape index (κ2) is 8.68. The molecule has 0 unspecified atom stereocenters. The van der Waals surface area contributed by atoms with Crippen LogP contribution >= 0.6 is 11.8 Å². The maximum atomic E-state index is 13.0. The molecule has 0 bridgehead atoms. The first-order valence-electron chi connectivity index (χ1n) is 10.6. The number of thioether (sulfide) groups is 1. The predicted octanol–water partition coefficient (Wildman–Crippen LogP) is 4.08. The molecule has 2 heterocycles. The molecule has 5 nitrogen and oxygen atoms in total. The summed E-state index contributed by atoms with van der Waals surface area (Å²) in [6, 6.07) is 7.89. The highest BCUT2D eigenvalue weighted by atomic mass is 32.2. The summed E-state index contributed by atoms with van der Waals surface area (Å²) in [5, 5.41) is 1.31. The highest BCUT2D eigenvalue weighted by Gasteiger charge is 2.35. The van der Waals surface area contributed by atoms with Crippen LogP contribution < -0.4 is 5.56 Å². The van der Waals surface area contributed by atoms with Crippen LogP contribution in [0.15, 0.2) is 34.2 Å². The van der Waals surface area contributed by atoms with Gasteiger partial charge in [-0.25, -0.2) is 4.98 Å². The van der Waals surface area contributed by atoms with E-state index < -0.39 is 0 Å². The standard InChI is InChI=1S/C22H29N3O2S/c1-2-13-25-21(27)17-10-4-5-11-18(17)23-22(25)28-15-20(26)24-14-7-9-16-8-3-6-12-19(16)24/h4-5,10-11,16,19H,2-3,6-9,12-15H2,1H3/t16-,19+/m0/s1. The fraction of sp³-hybridized carbons (Fsp3) is 0.591. The van der Waals surface area contributed by atoms with Crippen LogP contribution in [0.5, 0.6) is 0 Å². The van der Waals surface area contributed by atoms with Crippen molar-refractivity contribution in [3.63, 3.8) is 0 Å². The summed E-state index contributed by atoms with van der Waals surface area (Å²) in [6.07, 6.45) is 8.20. The molecule has 0 radical (unpaired) electrons. The molecule has 1 aromatic carbocycles. The minimum Gasteiger partial charge on any atom is -0.339 e. The maximum Gasteiger partial charge on any atom is 0.262 e. The van der Waals surface area contributed by atoms with Gasteiger partial charge in [0.1, 0.15) is 0 Å². The molecule has 2 aromatic rings. The van der Waals surface area contributed by atoms with Crippen LogP contribution in [0.1, 0.15) is 51.9 Å². The summed E-state index contributed by atoms with van der Waals surface area (Å²) in [5.41, 5.74) is 0.702. The molecular weight excluding hydrogens is 370 g/mol. The Morgan fingerprint density at radius 1 is 1.18 bits per heavy atom. The van der Waals surface area contributed by atoms with Crippen molar-refractivity contribution in [1.82, 2.24) is 14.5 Å². The van der Waals surface area contributed by atoms with Crippen LogP contribution in [0.3, 0.4) is 0 Å². The Bertz CT molecular complexity index is 908. The monoisotopic (exact) mass is 399 g/mol. The van der Waals surface area contributed by atoms with Crippen LogP contribution in [0.4, 0.5) is 0 Å². The lowest BCUT2D eigenvalue weighted by Crippen LogP contribution is -2.50. The summed E-state index contributed by atoms with van der Waals surface area (Å²) < 4.78 is 1.74. The maximum absolute atomic E-state index is 13.0. The lowest BCUT2D eigenvalue weighted by molar-refractivity contribution is -0.134. The van der Waals surface area contributed by atoms with E-state index in [2.05, 4.69) is 11.8 Å². The smallest absolute Gasteiger partial charge is 0.262 e. The van der Waals surface area contributed by atoms with Gasteiger partial charge in [-0.05, 0) is 50.2 Å². The van der Waals surface area contributed by atoms with Gasteiger partial charge in [0.2, 0.25) is 5.91 Å². The first-order valence-corrected chi connectivity index (χ1v) is 11.6. The molecule has 1 aliphatic carbocycles. The molecule has 1 aliphatic heterocycles. The van der Waals surface area contributed by atoms with E-state index in [0.29, 0.717) is 40.3 Å². The van der Waals surface area contributed by atoms with E-state index in [1.165, 1.54) is 37.4 Å². The van der Waals surface area contributed by atoms with Crippen LogP contribution in [-0.2, 0) is 11.3 Å². The molecule has 28 heavy (non-hydrogen) atoms. The van der Waals surface area contributed by atoms with Crippen molar-refractivity contribution >= 4 is 28.6 Å². The van der Waals surface area contributed by atoms with E-state index in [1.807, 2.05) is 24.3 Å². The molecule has 1 aromatic heterocycles. The van der Waals surface area contributed by atoms with Gasteiger partial charge in [-0.2, -0.15) is 0 Å². The molecule has 2 aliphatic rings. The molecule has 1 saturated carbocycles. The van der Waals surface area contributed by atoms with Crippen molar-refractivity contribution in [3.8, 4) is 0 Å². The SMILES string of the molecule is CCCn1c(SCC(=O)N2CCC[C@@H]3CCCC[C@H]32)nc2ccccc2c1=O. The lowest BCUT2D eigenvalue weighted by Gasteiger charge is -2.44. The molecule has 2 fully saturated rings. The number of carbonyl (C=O) groups excluding carboxylic acids is 1. The quantitative estimate of drug-likeness (QED) is 0.562. The normalized spacial score (nSPS) is 22.2. The molecule has 4 rings (SSSR count). The Balaban J connectivity index is 1.54. The molecule has 150 valence electrons. The number of amides is 1. The van der Waals surface area contributed by atoms with Crippen LogP contribution in [0, 0.1) is 5.92 Å². The Labute approximate surface area is 170 Å². The zero-order valence-electron chi connectivity index (χ0n) is 16.6. The molecular formula is C22H29N3O2S. The van der Waals surface area contributed by atoms with Crippen molar-refractivity contribution in [2.45, 2.75) is 69.6 Å². The number of rotatable bonds is 5. The fourth-order valence-electron chi connectivity index (χ4n) is 4.82. The average Bonchev–Trinajstić information content (AvgIpc) is 2.74. The summed E-state index contributed by atoms with van der Waals surface area (Å²) in [7, 11) is 0. The van der Waals surface area contributed by atoms with Gasteiger partial charge in [-0.1, -0.05) is 43.7 Å². The van der Waals surface area contributed by atoms with E-state index in [-0.39, 0.29) is 11.5 Å². The number of para-hydroxylation sites is 1. The predicted molar refractivity (Wildman–Crippen MR) is 114 cm³/mol. The van der Waals surface area contributed by atoms with Gasteiger partial charge in [0, 0.05) is 19.1 Å². The van der Waals surface area contributed by atoms with Crippen molar-refractivity contribution in [2.24, 2.45) is 5.92 Å². The van der Waals surface area contributed by atoms with Crippen LogP contribution in [-0.4, -0.2) is 38.7 Å². The third kappa shape index (κ3) is 3.84. The largest absolute Gasteiger partial charge is 0.339 e. The zero-order chi connectivity index (χ0) is 19.5. The topological polar surface area (TPSA) is 55.2 Å². The van der Waals surface area contributed by atoms with Gasteiger partial charge in [0.25, 0.3) is 5.56 Å². The molecule has 6 heteroatoms. The summed E-state index contributed by atoms with van der Waals surface area (Å²) >= 11 is 1.42. The summed E-state index contributed by atoms with van der Waals surface area (Å²) in [4.78, 5) is 32.8. The van der Waals surface area contributed by atoms with Crippen molar-refractivity contribution in [2.75, 3.05) is 12.3 Å². The number of likely N-dealkylation sites (tertiary alicyclic amines) is 1. The van der Waals surface area contributed by atoms with Crippen molar-refractivity contribution < 1.29 is 4.79 Å². The first-order chi connectivity index (χ1) is 13.7. The van der Waals surface area contributed by atoms with Crippen LogP contribution in [0.25, 0.3) is 10.9 Å². The lowest BCUT2D eigenvalue weighted by atomic mass is 9.78. The number of hydrogen-bond acceptors (Lipinski definition) is 4. The Kier molecular flexibility index (Phi) is 6.04. The van der Waals surface area contributed by atoms with Crippen LogP contribution in [0.2, 0.25) is 0 Å². The molecule has 1 saturated heterocycles. The Hall–Kier alpha value is -1.82. The fourth-order valence-corrected chi connectivity index (χ4v) is 5.73. The highest BCUT2D eigenvalue weighted by molar-refractivity contribution is 7.99. The number of fused-ring (bicyclic) bond motifs is 2. The third-order valence-electron chi connectivity index (χ3n) is 6.16. The number of benzene rings is 1. The molecule has 1 amide bonds. The molecule has 0 spiro atoms. The minimum absolute atomic E-state index is 0.00674. The molecule has 2 atom stereocenters. The number of hydrogen-bond donors (Lipinski definition) is 0. The van der Waals surface area contributed by atoms with E-state index in [4.69, 9.17) is 4.98 Å². The minimum atomic E-state index is -0.00674. The van der Waals surface area contributed by atoms with Gasteiger partial charge in [-0.3, -0.25) is 14.2 Å². The van der Waals surface area contributed by atoms with Gasteiger partial charge in [0.05, 0.1) is 16.7 Å². The van der Waals surface area contributed by atoms with E-state index in [9.17, 15) is 9.59 Å².